The van der Waals surface area contributed by atoms with Crippen LogP contribution in [-0.2, 0) is 4.74 Å². The fraction of sp³-hybridized carbons (Fsp3) is 0.455. The molecule has 0 saturated carbocycles. The summed E-state index contributed by atoms with van der Waals surface area (Å²) in [7, 11) is 1.73. The minimum absolute atomic E-state index is 0.0106. The highest BCUT2D eigenvalue weighted by Crippen LogP contribution is 2.23. The summed E-state index contributed by atoms with van der Waals surface area (Å²) in [6, 6.07) is 3.81. The van der Waals surface area contributed by atoms with Crippen molar-refractivity contribution in [2.24, 2.45) is 5.73 Å². The van der Waals surface area contributed by atoms with Gasteiger partial charge in [-0.15, -0.1) is 0 Å². The van der Waals surface area contributed by atoms with E-state index in [9.17, 15) is 0 Å². The summed E-state index contributed by atoms with van der Waals surface area (Å²) < 4.78 is 5.32. The van der Waals surface area contributed by atoms with Crippen LogP contribution in [0.3, 0.4) is 0 Å². The van der Waals surface area contributed by atoms with Crippen molar-refractivity contribution in [1.29, 1.82) is 5.41 Å². The van der Waals surface area contributed by atoms with E-state index in [0.29, 0.717) is 5.69 Å². The van der Waals surface area contributed by atoms with Crippen molar-refractivity contribution in [2.45, 2.75) is 12.5 Å². The average molecular weight is 220 g/mol. The molecule has 1 aromatic heterocycles. The normalized spacial score (nSPS) is 20.1. The summed E-state index contributed by atoms with van der Waals surface area (Å²) >= 11 is 0. The van der Waals surface area contributed by atoms with E-state index in [0.717, 1.165) is 25.2 Å². The van der Waals surface area contributed by atoms with Crippen LogP contribution in [0.15, 0.2) is 18.3 Å². The number of pyridine rings is 1. The quantitative estimate of drug-likeness (QED) is 0.577. The van der Waals surface area contributed by atoms with Crippen molar-refractivity contribution < 1.29 is 4.74 Å². The maximum absolute atomic E-state index is 7.49. The van der Waals surface area contributed by atoms with E-state index < -0.39 is 0 Å². The molecule has 5 nitrogen and oxygen atoms in total. The number of aromatic nitrogens is 1. The minimum atomic E-state index is 0.0106. The van der Waals surface area contributed by atoms with Crippen LogP contribution >= 0.6 is 0 Å². The van der Waals surface area contributed by atoms with Crippen molar-refractivity contribution in [1.82, 2.24) is 4.98 Å². The second-order valence-corrected chi connectivity index (χ2v) is 3.88. The van der Waals surface area contributed by atoms with E-state index >= 15 is 0 Å². The summed E-state index contributed by atoms with van der Waals surface area (Å²) in [6.07, 6.45) is 2.92. The molecule has 3 N–H and O–H groups in total. The largest absolute Gasteiger partial charge is 0.382 e. The third-order valence-electron chi connectivity index (χ3n) is 2.86. The Labute approximate surface area is 94.7 Å². The Bertz CT molecular complexity index is 393. The summed E-state index contributed by atoms with van der Waals surface area (Å²) in [5.41, 5.74) is 6.99. The Kier molecular flexibility index (Phi) is 3.05. The highest BCUT2D eigenvalue weighted by atomic mass is 16.5. The van der Waals surface area contributed by atoms with Crippen LogP contribution in [0.1, 0.15) is 12.1 Å². The zero-order chi connectivity index (χ0) is 11.5. The van der Waals surface area contributed by atoms with Crippen LogP contribution in [0.25, 0.3) is 0 Å². The first-order chi connectivity index (χ1) is 7.72. The standard InChI is InChI=1S/C11H16N4O/c1-16-8-4-6-15(7-8)9-3-2-5-14-10(9)11(12)13/h2-3,5,8H,4,6-7H2,1H3,(H3,12,13). The lowest BCUT2D eigenvalue weighted by Crippen LogP contribution is -2.26. The lowest BCUT2D eigenvalue weighted by Gasteiger charge is -2.20. The molecule has 5 heteroatoms. The molecule has 1 aromatic rings. The number of nitrogen functional groups attached to an aromatic ring is 1. The fourth-order valence-corrected chi connectivity index (χ4v) is 2.00. The van der Waals surface area contributed by atoms with Crippen molar-refractivity contribution in [3.63, 3.8) is 0 Å². The zero-order valence-electron chi connectivity index (χ0n) is 9.31. The fourth-order valence-electron chi connectivity index (χ4n) is 2.00. The van der Waals surface area contributed by atoms with Gasteiger partial charge in [0.2, 0.25) is 0 Å². The number of hydrogen-bond donors (Lipinski definition) is 2. The molecule has 0 bridgehead atoms. The third-order valence-corrected chi connectivity index (χ3v) is 2.86. The maximum Gasteiger partial charge on any atom is 0.143 e. The highest BCUT2D eigenvalue weighted by molar-refractivity contribution is 5.98. The Hall–Kier alpha value is -1.62. The first kappa shape index (κ1) is 10.9. The van der Waals surface area contributed by atoms with Crippen LogP contribution in [-0.4, -0.2) is 37.1 Å². The van der Waals surface area contributed by atoms with Crippen LogP contribution in [0, 0.1) is 5.41 Å². The molecule has 2 heterocycles. The maximum atomic E-state index is 7.49. The number of rotatable bonds is 3. The number of anilines is 1. The molecule has 1 saturated heterocycles. The number of nitrogens with one attached hydrogen (secondary N) is 1. The molecule has 0 spiro atoms. The Morgan fingerprint density at radius 3 is 3.12 bits per heavy atom. The van der Waals surface area contributed by atoms with Gasteiger partial charge in [-0.1, -0.05) is 0 Å². The number of nitrogens with two attached hydrogens (primary N) is 1. The molecule has 2 rings (SSSR count). The topological polar surface area (TPSA) is 75.2 Å². The molecule has 0 aromatic carbocycles. The van der Waals surface area contributed by atoms with Gasteiger partial charge in [0.25, 0.3) is 0 Å². The van der Waals surface area contributed by atoms with Gasteiger partial charge in [0.05, 0.1) is 11.8 Å². The van der Waals surface area contributed by atoms with Gasteiger partial charge in [-0.25, -0.2) is 0 Å². The molecular weight excluding hydrogens is 204 g/mol. The van der Waals surface area contributed by atoms with Crippen molar-refractivity contribution in [2.75, 3.05) is 25.1 Å². The second-order valence-electron chi connectivity index (χ2n) is 3.88. The van der Waals surface area contributed by atoms with Gasteiger partial charge in [-0.3, -0.25) is 10.4 Å². The summed E-state index contributed by atoms with van der Waals surface area (Å²) in [5, 5.41) is 7.49. The third kappa shape index (κ3) is 1.99. The Balaban J connectivity index is 2.24. The highest BCUT2D eigenvalue weighted by Gasteiger charge is 2.24. The van der Waals surface area contributed by atoms with E-state index in [4.69, 9.17) is 15.9 Å². The van der Waals surface area contributed by atoms with E-state index in [1.54, 1.807) is 13.3 Å². The van der Waals surface area contributed by atoms with Crippen molar-refractivity contribution in [3.05, 3.63) is 24.0 Å². The Morgan fingerprint density at radius 2 is 2.50 bits per heavy atom. The first-order valence-electron chi connectivity index (χ1n) is 5.29. The van der Waals surface area contributed by atoms with Crippen LogP contribution < -0.4 is 10.6 Å². The smallest absolute Gasteiger partial charge is 0.143 e. The lowest BCUT2D eigenvalue weighted by atomic mass is 10.2. The molecule has 16 heavy (non-hydrogen) atoms. The van der Waals surface area contributed by atoms with E-state index in [1.165, 1.54) is 0 Å². The second kappa shape index (κ2) is 4.49. The SMILES string of the molecule is COC1CCN(c2cccnc2C(=N)N)C1. The number of ether oxygens (including phenoxy) is 1. The number of methoxy groups -OCH3 is 1. The van der Waals surface area contributed by atoms with Gasteiger partial charge in [-0.05, 0) is 18.6 Å². The van der Waals surface area contributed by atoms with Gasteiger partial charge in [-0.2, -0.15) is 0 Å². The van der Waals surface area contributed by atoms with Gasteiger partial charge < -0.3 is 15.4 Å². The number of amidine groups is 1. The van der Waals surface area contributed by atoms with Gasteiger partial charge in [0.15, 0.2) is 0 Å². The minimum Gasteiger partial charge on any atom is -0.382 e. The van der Waals surface area contributed by atoms with Crippen molar-refractivity contribution in [3.8, 4) is 0 Å². The molecule has 0 aliphatic carbocycles. The average Bonchev–Trinajstić information content (AvgIpc) is 2.77. The summed E-state index contributed by atoms with van der Waals surface area (Å²) in [4.78, 5) is 6.31. The van der Waals surface area contributed by atoms with Gasteiger partial charge >= 0.3 is 0 Å². The molecule has 1 fully saturated rings. The molecular formula is C11H16N4O. The van der Waals surface area contributed by atoms with Crippen LogP contribution in [0.2, 0.25) is 0 Å². The first-order valence-corrected chi connectivity index (χ1v) is 5.29. The van der Waals surface area contributed by atoms with Crippen LogP contribution in [0.5, 0.6) is 0 Å². The molecule has 1 atom stereocenters. The monoisotopic (exact) mass is 220 g/mol. The molecule has 0 radical (unpaired) electrons. The predicted octanol–water partition coefficient (Wildman–Crippen LogP) is 0.591. The molecule has 86 valence electrons. The predicted molar refractivity (Wildman–Crippen MR) is 62.9 cm³/mol. The zero-order valence-corrected chi connectivity index (χ0v) is 9.31. The van der Waals surface area contributed by atoms with E-state index in [1.807, 2.05) is 12.1 Å². The summed E-state index contributed by atoms with van der Waals surface area (Å²) in [5.74, 6) is 0.0106. The van der Waals surface area contributed by atoms with Gasteiger partial charge in [0, 0.05) is 26.4 Å². The summed E-state index contributed by atoms with van der Waals surface area (Å²) in [6.45, 7) is 1.76. The molecule has 1 unspecified atom stereocenters. The molecule has 0 amide bonds. The van der Waals surface area contributed by atoms with E-state index in [2.05, 4.69) is 9.88 Å². The van der Waals surface area contributed by atoms with E-state index in [-0.39, 0.29) is 11.9 Å². The lowest BCUT2D eigenvalue weighted by molar-refractivity contribution is 0.121. The number of hydrogen-bond acceptors (Lipinski definition) is 4. The van der Waals surface area contributed by atoms with Gasteiger partial charge in [0.1, 0.15) is 11.5 Å². The Morgan fingerprint density at radius 1 is 1.69 bits per heavy atom. The molecule has 1 aliphatic rings. The molecule has 1 aliphatic heterocycles. The van der Waals surface area contributed by atoms with Crippen LogP contribution in [0.4, 0.5) is 5.69 Å². The van der Waals surface area contributed by atoms with Crippen molar-refractivity contribution >= 4 is 11.5 Å². The number of nitrogens with zero attached hydrogens (tertiary/aromatic N) is 2.